The van der Waals surface area contributed by atoms with Gasteiger partial charge in [-0.3, -0.25) is 0 Å². The van der Waals surface area contributed by atoms with Crippen LogP contribution in [0, 0.1) is 0 Å². The molecule has 0 bridgehead atoms. The van der Waals surface area contributed by atoms with Crippen molar-refractivity contribution in [2.45, 2.75) is 19.3 Å². The van der Waals surface area contributed by atoms with E-state index >= 15 is 0 Å². The summed E-state index contributed by atoms with van der Waals surface area (Å²) in [7, 11) is 0. The molecule has 1 aliphatic rings. The summed E-state index contributed by atoms with van der Waals surface area (Å²) in [6.45, 7) is 4.73. The molecule has 1 aliphatic carbocycles. The summed E-state index contributed by atoms with van der Waals surface area (Å²) in [5.74, 6) is 0. The molecule has 45 heavy (non-hydrogen) atoms. The summed E-state index contributed by atoms with van der Waals surface area (Å²) >= 11 is 0. The normalized spacial score (nSPS) is 13.3. The van der Waals surface area contributed by atoms with Crippen molar-refractivity contribution < 1.29 is 4.42 Å². The molecule has 0 radical (unpaired) electrons. The van der Waals surface area contributed by atoms with E-state index in [1.54, 1.807) is 0 Å². The van der Waals surface area contributed by atoms with E-state index in [2.05, 4.69) is 164 Å². The molecule has 0 atom stereocenters. The summed E-state index contributed by atoms with van der Waals surface area (Å²) in [6, 6.07) is 54.7. The van der Waals surface area contributed by atoms with E-state index in [0.717, 1.165) is 44.4 Å². The van der Waals surface area contributed by atoms with Crippen LogP contribution in [0.1, 0.15) is 25.0 Å². The highest BCUT2D eigenvalue weighted by molar-refractivity contribution is 6.14. The van der Waals surface area contributed by atoms with E-state index in [1.807, 2.05) is 6.07 Å². The zero-order valence-electron chi connectivity index (χ0n) is 25.3. The maximum Gasteiger partial charge on any atom is 0.136 e. The third-order valence-corrected chi connectivity index (χ3v) is 9.63. The maximum atomic E-state index is 6.34. The molecule has 0 fully saturated rings. The molecule has 9 rings (SSSR count). The molecule has 1 heterocycles. The number of rotatable bonds is 4. The number of hydrogen-bond acceptors (Lipinski definition) is 2. The van der Waals surface area contributed by atoms with Crippen LogP contribution in [0.15, 0.2) is 156 Å². The highest BCUT2D eigenvalue weighted by Crippen LogP contribution is 2.55. The van der Waals surface area contributed by atoms with Crippen LogP contribution in [0.5, 0.6) is 0 Å². The van der Waals surface area contributed by atoms with E-state index < -0.39 is 0 Å². The van der Waals surface area contributed by atoms with Crippen molar-refractivity contribution in [3.05, 3.63) is 163 Å². The molecular formula is C43H31NO. The quantitative estimate of drug-likeness (QED) is 0.207. The average molecular weight is 578 g/mol. The predicted molar refractivity (Wildman–Crippen MR) is 189 cm³/mol. The average Bonchev–Trinajstić information content (AvgIpc) is 3.58. The largest absolute Gasteiger partial charge is 0.456 e. The Labute approximate surface area is 262 Å². The molecule has 214 valence electrons. The fourth-order valence-corrected chi connectivity index (χ4v) is 7.62. The summed E-state index contributed by atoms with van der Waals surface area (Å²) in [4.78, 5) is 2.48. The number of furan rings is 1. The van der Waals surface area contributed by atoms with Crippen molar-refractivity contribution in [1.29, 1.82) is 0 Å². The number of hydrogen-bond donors (Lipinski definition) is 0. The minimum absolute atomic E-state index is 0.173. The molecule has 1 aromatic heterocycles. The molecule has 8 aromatic rings. The van der Waals surface area contributed by atoms with Gasteiger partial charge in [-0.05, 0) is 75.0 Å². The van der Waals surface area contributed by atoms with Crippen molar-refractivity contribution in [3.8, 4) is 22.3 Å². The molecule has 0 N–H and O–H groups in total. The van der Waals surface area contributed by atoms with Crippen LogP contribution in [0.3, 0.4) is 0 Å². The highest BCUT2D eigenvalue weighted by Gasteiger charge is 2.39. The van der Waals surface area contributed by atoms with E-state index in [-0.39, 0.29) is 5.41 Å². The van der Waals surface area contributed by atoms with Gasteiger partial charge >= 0.3 is 0 Å². The Morgan fingerprint density at radius 3 is 2.04 bits per heavy atom. The fraction of sp³-hybridized carbons (Fsp3) is 0.0698. The Morgan fingerprint density at radius 1 is 0.489 bits per heavy atom. The van der Waals surface area contributed by atoms with Gasteiger partial charge in [-0.1, -0.05) is 129 Å². The van der Waals surface area contributed by atoms with E-state index in [9.17, 15) is 0 Å². The van der Waals surface area contributed by atoms with Gasteiger partial charge in [0.2, 0.25) is 0 Å². The molecule has 2 nitrogen and oxygen atoms in total. The summed E-state index contributed by atoms with van der Waals surface area (Å²) in [5.41, 5.74) is 12.8. The van der Waals surface area contributed by atoms with Crippen LogP contribution >= 0.6 is 0 Å². The number of benzene rings is 7. The van der Waals surface area contributed by atoms with Crippen molar-refractivity contribution in [2.24, 2.45) is 0 Å². The molecule has 0 saturated heterocycles. The van der Waals surface area contributed by atoms with Gasteiger partial charge in [-0.25, -0.2) is 0 Å². The van der Waals surface area contributed by atoms with Crippen LogP contribution in [-0.4, -0.2) is 0 Å². The van der Waals surface area contributed by atoms with E-state index in [0.29, 0.717) is 0 Å². The Morgan fingerprint density at radius 2 is 1.13 bits per heavy atom. The first-order chi connectivity index (χ1) is 22.1. The third-order valence-electron chi connectivity index (χ3n) is 9.63. The topological polar surface area (TPSA) is 16.4 Å². The standard InChI is InChI=1S/C43H31NO/c1-43(2)36-20-8-5-15-31(36)34-19-11-22-38(42(34)43)44(30-26-25-28-13-3-4-14-29(28)27-30)37-21-9-6-16-32(37)33-18-12-24-40-41(33)35-17-7-10-23-39(35)45-40/h3-27H,1-2H3. The molecule has 2 heteroatoms. The van der Waals surface area contributed by atoms with Crippen LogP contribution < -0.4 is 4.90 Å². The fourth-order valence-electron chi connectivity index (χ4n) is 7.62. The second kappa shape index (κ2) is 9.70. The van der Waals surface area contributed by atoms with Crippen molar-refractivity contribution in [1.82, 2.24) is 0 Å². The molecule has 7 aromatic carbocycles. The summed E-state index contributed by atoms with van der Waals surface area (Å²) in [5, 5.41) is 4.73. The zero-order chi connectivity index (χ0) is 30.1. The molecule has 0 saturated carbocycles. The number of fused-ring (bicyclic) bond motifs is 7. The van der Waals surface area contributed by atoms with E-state index in [4.69, 9.17) is 4.42 Å². The lowest BCUT2D eigenvalue weighted by atomic mass is 9.81. The van der Waals surface area contributed by atoms with Crippen LogP contribution in [0.25, 0.3) is 55.0 Å². The highest BCUT2D eigenvalue weighted by atomic mass is 16.3. The second-order valence-electron chi connectivity index (χ2n) is 12.5. The van der Waals surface area contributed by atoms with Crippen LogP contribution in [0.4, 0.5) is 17.1 Å². The maximum absolute atomic E-state index is 6.34. The van der Waals surface area contributed by atoms with Crippen molar-refractivity contribution >= 4 is 49.8 Å². The summed E-state index contributed by atoms with van der Waals surface area (Å²) < 4.78 is 6.34. The smallest absolute Gasteiger partial charge is 0.136 e. The first kappa shape index (κ1) is 25.9. The van der Waals surface area contributed by atoms with Crippen molar-refractivity contribution in [3.63, 3.8) is 0 Å². The molecule has 0 unspecified atom stereocenters. The second-order valence-corrected chi connectivity index (χ2v) is 12.5. The lowest BCUT2D eigenvalue weighted by Gasteiger charge is -2.33. The predicted octanol–water partition coefficient (Wildman–Crippen LogP) is 12.2. The lowest BCUT2D eigenvalue weighted by molar-refractivity contribution is 0.661. The minimum Gasteiger partial charge on any atom is -0.456 e. The van der Waals surface area contributed by atoms with Gasteiger partial charge in [-0.15, -0.1) is 0 Å². The number of anilines is 3. The Kier molecular flexibility index (Phi) is 5.58. The third kappa shape index (κ3) is 3.82. The molecule has 0 amide bonds. The first-order valence-electron chi connectivity index (χ1n) is 15.6. The van der Waals surface area contributed by atoms with Gasteiger partial charge in [0.1, 0.15) is 11.2 Å². The van der Waals surface area contributed by atoms with Gasteiger partial charge in [0.05, 0.1) is 11.4 Å². The SMILES string of the molecule is CC1(C)c2ccccc2-c2cccc(N(c3ccc4ccccc4c3)c3ccccc3-c3cccc4oc5ccccc5c34)c21. The van der Waals surface area contributed by atoms with E-state index in [1.165, 1.54) is 38.7 Å². The van der Waals surface area contributed by atoms with Crippen LogP contribution in [-0.2, 0) is 5.41 Å². The van der Waals surface area contributed by atoms with Gasteiger partial charge in [0, 0.05) is 27.4 Å². The van der Waals surface area contributed by atoms with Crippen LogP contribution in [0.2, 0.25) is 0 Å². The minimum atomic E-state index is -0.173. The van der Waals surface area contributed by atoms with Gasteiger partial charge in [0.25, 0.3) is 0 Å². The Balaban J connectivity index is 1.36. The number of para-hydroxylation sites is 2. The van der Waals surface area contributed by atoms with Gasteiger partial charge < -0.3 is 9.32 Å². The summed E-state index contributed by atoms with van der Waals surface area (Å²) in [6.07, 6.45) is 0. The number of nitrogens with zero attached hydrogens (tertiary/aromatic N) is 1. The molecule has 0 aliphatic heterocycles. The van der Waals surface area contributed by atoms with Crippen molar-refractivity contribution in [2.75, 3.05) is 4.90 Å². The Hall–Kier alpha value is -5.60. The van der Waals surface area contributed by atoms with Gasteiger partial charge in [-0.2, -0.15) is 0 Å². The molecule has 0 spiro atoms. The Bertz CT molecular complexity index is 2430. The monoisotopic (exact) mass is 577 g/mol. The molecular weight excluding hydrogens is 546 g/mol. The van der Waals surface area contributed by atoms with Gasteiger partial charge in [0.15, 0.2) is 0 Å². The lowest BCUT2D eigenvalue weighted by Crippen LogP contribution is -2.21. The first-order valence-corrected chi connectivity index (χ1v) is 15.6. The zero-order valence-corrected chi connectivity index (χ0v) is 25.3.